The van der Waals surface area contributed by atoms with Gasteiger partial charge in [0.25, 0.3) is 5.91 Å². The molecule has 0 spiro atoms. The largest absolute Gasteiger partial charge is 0.484 e. The molecule has 0 saturated heterocycles. The number of likely N-dealkylation sites (N-methyl/N-ethyl adjacent to an activating group) is 1. The van der Waals surface area contributed by atoms with Crippen molar-refractivity contribution >= 4 is 23.4 Å². The van der Waals surface area contributed by atoms with E-state index in [1.54, 1.807) is 6.07 Å². The number of rotatable bonds is 6. The predicted octanol–water partition coefficient (Wildman–Crippen LogP) is 5.65. The summed E-state index contributed by atoms with van der Waals surface area (Å²) in [6.45, 7) is 5.98. The minimum Gasteiger partial charge on any atom is -0.484 e. The fraction of sp³-hybridized carbons (Fsp3) is 0.214. The van der Waals surface area contributed by atoms with E-state index in [9.17, 15) is 9.18 Å². The van der Waals surface area contributed by atoms with Crippen molar-refractivity contribution in [2.75, 3.05) is 18.6 Å². The maximum Gasteiger partial charge on any atom is 0.277 e. The molecule has 1 heterocycles. The molecule has 0 atom stereocenters. The number of nitrogens with one attached hydrogen (secondary N) is 1. The Morgan fingerprint density at radius 2 is 1.76 bits per heavy atom. The molecule has 0 aromatic heterocycles. The van der Waals surface area contributed by atoms with Crippen LogP contribution in [0.2, 0.25) is 0 Å². The number of ether oxygens (including phenoxy) is 1. The van der Waals surface area contributed by atoms with Crippen molar-refractivity contribution in [2.45, 2.75) is 26.3 Å². The molecule has 0 saturated carbocycles. The number of carbonyl (C=O) groups excluding carboxylic acids is 1. The quantitative estimate of drug-likeness (QED) is 0.384. The van der Waals surface area contributed by atoms with Gasteiger partial charge in [-0.2, -0.15) is 5.10 Å². The number of hydrogen-bond donors (Lipinski definition) is 1. The molecule has 1 amide bonds. The molecule has 1 N–H and O–H groups in total. The zero-order chi connectivity index (χ0) is 24.3. The van der Waals surface area contributed by atoms with Crippen LogP contribution in [0, 0.1) is 5.82 Å². The van der Waals surface area contributed by atoms with Gasteiger partial charge in [-0.15, -0.1) is 0 Å². The standard InChI is InChI=1S/C28H28FN3O2/c1-19-16-28(2,3)32(4)26-15-25(29)22(14-24(19)26)17-30-31-27(33)18-34-23-12-10-21(11-13-23)20-8-6-5-7-9-20/h5-17H,18H2,1-4H3,(H,31,33)/b30-17+. The molecule has 5 nitrogen and oxygen atoms in total. The molecule has 34 heavy (non-hydrogen) atoms. The second-order valence-electron chi connectivity index (χ2n) is 8.90. The average molecular weight is 458 g/mol. The summed E-state index contributed by atoms with van der Waals surface area (Å²) in [5, 5.41) is 3.91. The lowest BCUT2D eigenvalue weighted by Crippen LogP contribution is -2.42. The molecule has 1 aliphatic heterocycles. The molecule has 0 radical (unpaired) electrons. The normalized spacial score (nSPS) is 14.5. The van der Waals surface area contributed by atoms with Gasteiger partial charge in [-0.3, -0.25) is 4.79 Å². The predicted molar refractivity (Wildman–Crippen MR) is 136 cm³/mol. The van der Waals surface area contributed by atoms with Crippen LogP contribution in [0.5, 0.6) is 5.75 Å². The van der Waals surface area contributed by atoms with E-state index in [4.69, 9.17) is 4.74 Å². The molecule has 0 bridgehead atoms. The van der Waals surface area contributed by atoms with Gasteiger partial charge >= 0.3 is 0 Å². The Morgan fingerprint density at radius 3 is 2.47 bits per heavy atom. The summed E-state index contributed by atoms with van der Waals surface area (Å²) in [6.07, 6.45) is 3.47. The highest BCUT2D eigenvalue weighted by molar-refractivity contribution is 5.88. The van der Waals surface area contributed by atoms with Crippen LogP contribution in [0.3, 0.4) is 0 Å². The number of amides is 1. The van der Waals surface area contributed by atoms with Gasteiger partial charge in [0.1, 0.15) is 11.6 Å². The molecule has 174 valence electrons. The number of carbonyl (C=O) groups is 1. The number of anilines is 1. The SMILES string of the molecule is CC1=CC(C)(C)N(C)c2cc(F)c(/C=N/NC(=O)COc3ccc(-c4ccccc4)cc3)cc21. The van der Waals surface area contributed by atoms with Gasteiger partial charge in [-0.1, -0.05) is 48.5 Å². The van der Waals surface area contributed by atoms with Crippen LogP contribution in [-0.4, -0.2) is 31.3 Å². The van der Waals surface area contributed by atoms with Crippen LogP contribution in [0.25, 0.3) is 16.7 Å². The molecule has 0 unspecified atom stereocenters. The highest BCUT2D eigenvalue weighted by atomic mass is 19.1. The minimum absolute atomic E-state index is 0.198. The van der Waals surface area contributed by atoms with Crippen LogP contribution in [-0.2, 0) is 4.79 Å². The number of benzene rings is 3. The third kappa shape index (κ3) is 5.01. The third-order valence-corrected chi connectivity index (χ3v) is 6.06. The van der Waals surface area contributed by atoms with Crippen LogP contribution >= 0.6 is 0 Å². The molecule has 6 heteroatoms. The van der Waals surface area contributed by atoms with Gasteiger partial charge in [0.15, 0.2) is 6.61 Å². The molecule has 1 aliphatic rings. The Hall–Kier alpha value is -3.93. The van der Waals surface area contributed by atoms with E-state index in [0.29, 0.717) is 11.3 Å². The number of hydrogen-bond acceptors (Lipinski definition) is 4. The Morgan fingerprint density at radius 1 is 1.09 bits per heavy atom. The van der Waals surface area contributed by atoms with E-state index in [1.165, 1.54) is 12.3 Å². The van der Waals surface area contributed by atoms with Gasteiger partial charge in [0.05, 0.1) is 11.8 Å². The molecular formula is C28H28FN3O2. The van der Waals surface area contributed by atoms with Gasteiger partial charge in [0.2, 0.25) is 0 Å². The monoisotopic (exact) mass is 457 g/mol. The van der Waals surface area contributed by atoms with Crippen molar-refractivity contribution < 1.29 is 13.9 Å². The maximum absolute atomic E-state index is 14.7. The van der Waals surface area contributed by atoms with Crippen LogP contribution in [0.4, 0.5) is 10.1 Å². The van der Waals surface area contributed by atoms with E-state index in [1.807, 2.05) is 73.5 Å². The van der Waals surface area contributed by atoms with Gasteiger partial charge < -0.3 is 9.64 Å². The summed E-state index contributed by atoms with van der Waals surface area (Å²) in [7, 11) is 1.95. The Kier molecular flexibility index (Phi) is 6.50. The van der Waals surface area contributed by atoms with Gasteiger partial charge in [-0.25, -0.2) is 9.82 Å². The fourth-order valence-electron chi connectivity index (χ4n) is 4.02. The van der Waals surface area contributed by atoms with E-state index in [2.05, 4.69) is 30.5 Å². The van der Waals surface area contributed by atoms with E-state index in [-0.39, 0.29) is 12.1 Å². The lowest BCUT2D eigenvalue weighted by Gasteiger charge is -2.40. The summed E-state index contributed by atoms with van der Waals surface area (Å²) < 4.78 is 20.2. The third-order valence-electron chi connectivity index (χ3n) is 6.06. The van der Waals surface area contributed by atoms with E-state index in [0.717, 1.165) is 28.0 Å². The highest BCUT2D eigenvalue weighted by Crippen LogP contribution is 2.38. The first-order chi connectivity index (χ1) is 16.2. The number of nitrogens with zero attached hydrogens (tertiary/aromatic N) is 2. The lowest BCUT2D eigenvalue weighted by molar-refractivity contribution is -0.123. The van der Waals surface area contributed by atoms with Crippen molar-refractivity contribution in [1.82, 2.24) is 5.43 Å². The van der Waals surface area contributed by atoms with Crippen molar-refractivity contribution in [2.24, 2.45) is 5.10 Å². The summed E-state index contributed by atoms with van der Waals surface area (Å²) >= 11 is 0. The number of halogens is 1. The Labute approximate surface area is 199 Å². The van der Waals surface area contributed by atoms with Crippen LogP contribution in [0.1, 0.15) is 31.9 Å². The summed E-state index contributed by atoms with van der Waals surface area (Å²) in [5.41, 5.74) is 7.51. The van der Waals surface area contributed by atoms with Gasteiger partial charge in [0, 0.05) is 23.9 Å². The Balaban J connectivity index is 1.35. The molecular weight excluding hydrogens is 429 g/mol. The number of fused-ring (bicyclic) bond motifs is 1. The average Bonchev–Trinajstić information content (AvgIpc) is 2.83. The summed E-state index contributed by atoms with van der Waals surface area (Å²) in [6, 6.07) is 20.8. The van der Waals surface area contributed by atoms with E-state index < -0.39 is 11.7 Å². The second kappa shape index (κ2) is 9.51. The maximum atomic E-state index is 14.7. The number of allylic oxidation sites excluding steroid dienone is 1. The summed E-state index contributed by atoms with van der Waals surface area (Å²) in [5.74, 6) is -0.253. The fourth-order valence-corrected chi connectivity index (χ4v) is 4.02. The van der Waals surface area contributed by atoms with Crippen molar-refractivity contribution in [3.8, 4) is 16.9 Å². The number of hydrazone groups is 1. The topological polar surface area (TPSA) is 53.9 Å². The molecule has 3 aromatic rings. The highest BCUT2D eigenvalue weighted by Gasteiger charge is 2.29. The Bertz CT molecular complexity index is 1250. The molecule has 4 rings (SSSR count). The first-order valence-corrected chi connectivity index (χ1v) is 11.1. The van der Waals surface area contributed by atoms with Crippen LogP contribution in [0.15, 0.2) is 77.9 Å². The van der Waals surface area contributed by atoms with Gasteiger partial charge in [-0.05, 0) is 61.7 Å². The van der Waals surface area contributed by atoms with Crippen molar-refractivity contribution in [1.29, 1.82) is 0 Å². The van der Waals surface area contributed by atoms with E-state index >= 15 is 0 Å². The molecule has 3 aromatic carbocycles. The minimum atomic E-state index is -0.431. The second-order valence-corrected chi connectivity index (χ2v) is 8.90. The summed E-state index contributed by atoms with van der Waals surface area (Å²) in [4.78, 5) is 14.2. The molecule has 0 aliphatic carbocycles. The van der Waals surface area contributed by atoms with Crippen LogP contribution < -0.4 is 15.1 Å². The zero-order valence-corrected chi connectivity index (χ0v) is 19.8. The van der Waals surface area contributed by atoms with Crippen molar-refractivity contribution in [3.05, 3.63) is 89.8 Å². The molecule has 0 fully saturated rings. The zero-order valence-electron chi connectivity index (χ0n) is 19.8. The smallest absolute Gasteiger partial charge is 0.277 e. The van der Waals surface area contributed by atoms with Crippen molar-refractivity contribution in [3.63, 3.8) is 0 Å². The first-order valence-electron chi connectivity index (χ1n) is 11.1. The first kappa shape index (κ1) is 23.2. The lowest BCUT2D eigenvalue weighted by atomic mass is 9.88.